The topological polar surface area (TPSA) is 132 Å². The first kappa shape index (κ1) is 22.1. The largest absolute Gasteiger partial charge is 0.321 e. The van der Waals surface area contributed by atoms with Crippen molar-refractivity contribution in [1.82, 2.24) is 0 Å². The number of ketones is 1. The van der Waals surface area contributed by atoms with Gasteiger partial charge in [0.2, 0.25) is 0 Å². The minimum atomic E-state index is -0.859. The zero-order chi connectivity index (χ0) is 22.7. The van der Waals surface area contributed by atoms with Crippen LogP contribution in [0, 0.1) is 20.2 Å². The van der Waals surface area contributed by atoms with Crippen molar-refractivity contribution in [3.63, 3.8) is 0 Å². The predicted molar refractivity (Wildman–Crippen MR) is 117 cm³/mol. The first-order valence-electron chi connectivity index (χ1n) is 8.51. The molecular weight excluding hydrogens is 494 g/mol. The maximum Gasteiger partial charge on any atom is 0.277 e. The molecule has 11 heteroatoms. The van der Waals surface area contributed by atoms with Gasteiger partial charge in [-0.05, 0) is 30.3 Å². The average molecular weight is 505 g/mol. The van der Waals surface area contributed by atoms with Crippen molar-refractivity contribution in [2.75, 3.05) is 5.32 Å². The minimum Gasteiger partial charge on any atom is -0.321 e. The van der Waals surface area contributed by atoms with E-state index in [2.05, 4.69) is 21.2 Å². The number of rotatable bonds is 6. The van der Waals surface area contributed by atoms with E-state index >= 15 is 0 Å². The van der Waals surface area contributed by atoms with E-state index in [4.69, 9.17) is 11.6 Å². The van der Waals surface area contributed by atoms with Crippen LogP contribution in [0.2, 0.25) is 5.02 Å². The number of nitrogens with one attached hydrogen (secondary N) is 1. The van der Waals surface area contributed by atoms with Gasteiger partial charge in [0.15, 0.2) is 5.78 Å². The van der Waals surface area contributed by atoms with Gasteiger partial charge in [-0.3, -0.25) is 29.8 Å². The molecule has 3 aromatic carbocycles. The van der Waals surface area contributed by atoms with Crippen LogP contribution in [-0.2, 0) is 0 Å². The lowest BCUT2D eigenvalue weighted by atomic mass is 10.0. The molecule has 3 aromatic rings. The lowest BCUT2D eigenvalue weighted by Gasteiger charge is -2.12. The molecule has 9 nitrogen and oxygen atoms in total. The summed E-state index contributed by atoms with van der Waals surface area (Å²) >= 11 is 9.38. The second kappa shape index (κ2) is 9.02. The van der Waals surface area contributed by atoms with Gasteiger partial charge < -0.3 is 5.32 Å². The van der Waals surface area contributed by atoms with Crippen molar-refractivity contribution in [2.24, 2.45) is 0 Å². The average Bonchev–Trinajstić information content (AvgIpc) is 2.74. The summed E-state index contributed by atoms with van der Waals surface area (Å²) < 4.78 is 0.562. The highest BCUT2D eigenvalue weighted by atomic mass is 79.9. The Morgan fingerprint density at radius 3 is 2.06 bits per heavy atom. The molecule has 0 bridgehead atoms. The quantitative estimate of drug-likeness (QED) is 0.271. The number of carbonyl (C=O) groups is 2. The van der Waals surface area contributed by atoms with E-state index in [0.29, 0.717) is 4.47 Å². The Kier molecular flexibility index (Phi) is 6.42. The van der Waals surface area contributed by atoms with Gasteiger partial charge in [0, 0.05) is 27.7 Å². The fourth-order valence-electron chi connectivity index (χ4n) is 2.74. The summed E-state index contributed by atoms with van der Waals surface area (Å²) in [5.74, 6) is -1.32. The number of amides is 1. The van der Waals surface area contributed by atoms with E-state index in [1.54, 1.807) is 24.3 Å². The van der Waals surface area contributed by atoms with Gasteiger partial charge >= 0.3 is 0 Å². The van der Waals surface area contributed by atoms with Gasteiger partial charge in [-0.25, -0.2) is 0 Å². The van der Waals surface area contributed by atoms with Crippen LogP contribution in [0.5, 0.6) is 0 Å². The summed E-state index contributed by atoms with van der Waals surface area (Å²) in [7, 11) is 0. The molecular formula is C20H11BrClN3O6. The molecule has 0 aliphatic carbocycles. The lowest BCUT2D eigenvalue weighted by molar-refractivity contribution is -0.394. The number of benzene rings is 3. The Balaban J connectivity index is 2.01. The highest BCUT2D eigenvalue weighted by molar-refractivity contribution is 9.10. The molecule has 0 spiro atoms. The second-order valence-electron chi connectivity index (χ2n) is 6.21. The summed E-state index contributed by atoms with van der Waals surface area (Å²) in [6.07, 6.45) is 0. The van der Waals surface area contributed by atoms with Gasteiger partial charge in [0.1, 0.15) is 0 Å². The molecule has 1 N–H and O–H groups in total. The van der Waals surface area contributed by atoms with Crippen molar-refractivity contribution in [1.29, 1.82) is 0 Å². The summed E-state index contributed by atoms with van der Waals surface area (Å²) in [6.45, 7) is 0. The fourth-order valence-corrected chi connectivity index (χ4v) is 3.32. The van der Waals surface area contributed by atoms with Gasteiger partial charge in [0.25, 0.3) is 17.3 Å². The molecule has 0 atom stereocenters. The third kappa shape index (κ3) is 4.93. The van der Waals surface area contributed by atoms with Crippen molar-refractivity contribution in [3.8, 4) is 0 Å². The van der Waals surface area contributed by atoms with Crippen LogP contribution in [-0.4, -0.2) is 21.5 Å². The molecule has 0 aromatic heterocycles. The number of halogens is 2. The maximum absolute atomic E-state index is 13.0. The number of nitrogens with zero attached hydrogens (tertiary/aromatic N) is 2. The molecule has 0 aliphatic heterocycles. The Morgan fingerprint density at radius 1 is 0.871 bits per heavy atom. The number of hydrogen-bond donors (Lipinski definition) is 1. The zero-order valence-corrected chi connectivity index (χ0v) is 17.7. The number of carbonyl (C=O) groups excluding carboxylic acids is 2. The molecule has 0 heterocycles. The first-order chi connectivity index (χ1) is 14.7. The van der Waals surface area contributed by atoms with Gasteiger partial charge in [-0.2, -0.15) is 0 Å². The molecule has 1 amide bonds. The van der Waals surface area contributed by atoms with Crippen LogP contribution < -0.4 is 5.32 Å². The van der Waals surface area contributed by atoms with E-state index < -0.39 is 32.9 Å². The Bertz CT molecular complexity index is 1220. The van der Waals surface area contributed by atoms with Crippen LogP contribution >= 0.6 is 27.5 Å². The Morgan fingerprint density at radius 2 is 1.48 bits per heavy atom. The van der Waals surface area contributed by atoms with E-state index in [1.165, 1.54) is 18.2 Å². The minimum absolute atomic E-state index is 0.104. The molecule has 0 saturated heterocycles. The van der Waals surface area contributed by atoms with Crippen LogP contribution in [0.25, 0.3) is 0 Å². The molecule has 156 valence electrons. The van der Waals surface area contributed by atoms with Gasteiger partial charge in [-0.15, -0.1) is 0 Å². The number of nitro groups is 2. The van der Waals surface area contributed by atoms with Crippen LogP contribution in [0.15, 0.2) is 65.1 Å². The monoisotopic (exact) mass is 503 g/mol. The van der Waals surface area contributed by atoms with E-state index in [-0.39, 0.29) is 27.4 Å². The van der Waals surface area contributed by atoms with Crippen molar-refractivity contribution in [3.05, 3.63) is 107 Å². The lowest BCUT2D eigenvalue weighted by Crippen LogP contribution is -2.16. The van der Waals surface area contributed by atoms with Gasteiger partial charge in [0.05, 0.1) is 32.2 Å². The Hall–Kier alpha value is -3.63. The molecule has 0 fully saturated rings. The van der Waals surface area contributed by atoms with E-state index in [1.807, 2.05) is 0 Å². The Labute approximate surface area is 188 Å². The standard InChI is InChI=1S/C20H11BrClN3O6/c21-12-5-6-18(16(9-12)19(26)15-3-1-2-4-17(15)22)23-20(27)11-7-13(24(28)29)10-14(8-11)25(30)31/h1-10H,(H,23,27). The maximum atomic E-state index is 13.0. The second-order valence-corrected chi connectivity index (χ2v) is 7.53. The number of hydrogen-bond acceptors (Lipinski definition) is 6. The van der Waals surface area contributed by atoms with Crippen LogP contribution in [0.1, 0.15) is 26.3 Å². The molecule has 0 radical (unpaired) electrons. The molecule has 31 heavy (non-hydrogen) atoms. The van der Waals surface area contributed by atoms with Crippen molar-refractivity contribution < 1.29 is 19.4 Å². The SMILES string of the molecule is O=C(Nc1ccc(Br)cc1C(=O)c1ccccc1Cl)c1cc([N+](=O)[O-])cc([N+](=O)[O-])c1. The third-order valence-corrected chi connectivity index (χ3v) is 5.00. The van der Waals surface area contributed by atoms with Crippen LogP contribution in [0.3, 0.4) is 0 Å². The van der Waals surface area contributed by atoms with Crippen molar-refractivity contribution in [2.45, 2.75) is 0 Å². The molecule has 0 unspecified atom stereocenters. The van der Waals surface area contributed by atoms with E-state index in [9.17, 15) is 29.8 Å². The summed E-state index contributed by atoms with van der Waals surface area (Å²) in [5.41, 5.74) is -1.10. The normalized spacial score (nSPS) is 10.4. The highest BCUT2D eigenvalue weighted by Crippen LogP contribution is 2.28. The predicted octanol–water partition coefficient (Wildman–Crippen LogP) is 5.40. The van der Waals surface area contributed by atoms with Crippen LogP contribution in [0.4, 0.5) is 17.1 Å². The fraction of sp³-hybridized carbons (Fsp3) is 0. The molecule has 3 rings (SSSR count). The summed E-state index contributed by atoms with van der Waals surface area (Å²) in [4.78, 5) is 46.2. The first-order valence-corrected chi connectivity index (χ1v) is 9.68. The molecule has 0 saturated carbocycles. The molecule has 0 aliphatic rings. The highest BCUT2D eigenvalue weighted by Gasteiger charge is 2.22. The zero-order valence-electron chi connectivity index (χ0n) is 15.4. The van der Waals surface area contributed by atoms with E-state index in [0.717, 1.165) is 18.2 Å². The smallest absolute Gasteiger partial charge is 0.277 e. The van der Waals surface area contributed by atoms with Crippen molar-refractivity contribution >= 4 is 56.3 Å². The number of non-ortho nitro benzene ring substituents is 2. The third-order valence-electron chi connectivity index (χ3n) is 4.18. The number of anilines is 1. The van der Waals surface area contributed by atoms with Gasteiger partial charge in [-0.1, -0.05) is 39.7 Å². The summed E-state index contributed by atoms with van der Waals surface area (Å²) in [6, 6.07) is 13.5. The summed E-state index contributed by atoms with van der Waals surface area (Å²) in [5, 5.41) is 24.8. The number of nitro benzene ring substituents is 2.